The Morgan fingerprint density at radius 1 is 1.04 bits per heavy atom. The van der Waals surface area contributed by atoms with E-state index in [1.165, 1.54) is 57.4 Å². The molecule has 1 aliphatic carbocycles. The highest BCUT2D eigenvalue weighted by Crippen LogP contribution is 2.32. The van der Waals surface area contributed by atoms with E-state index >= 15 is 0 Å². The molecule has 1 aromatic rings. The van der Waals surface area contributed by atoms with Crippen LogP contribution in [-0.2, 0) is 6.54 Å². The summed E-state index contributed by atoms with van der Waals surface area (Å²) < 4.78 is 10.9. The SMILES string of the molecule is C[C@@H]1CCC[C@H]([NH+]2CC[NH+](Cc3ccc4c(c3)OCO4)CC2)C1. The standard InChI is InChI=1S/C19H28N2O2/c1-15-3-2-4-17(11-15)21-9-7-20(8-10-21)13-16-5-6-18-19(12-16)23-14-22-18/h5-6,12,15,17H,2-4,7-11,13-14H2,1H3/p+2/t15-,17+/m1/s1. The zero-order chi connectivity index (χ0) is 15.6. The van der Waals surface area contributed by atoms with Gasteiger partial charge in [-0.25, -0.2) is 0 Å². The average Bonchev–Trinajstić information content (AvgIpc) is 3.03. The van der Waals surface area contributed by atoms with Crippen LogP contribution in [-0.4, -0.2) is 39.0 Å². The van der Waals surface area contributed by atoms with Gasteiger partial charge < -0.3 is 19.3 Å². The highest BCUT2D eigenvalue weighted by molar-refractivity contribution is 5.44. The van der Waals surface area contributed by atoms with Crippen molar-refractivity contribution in [3.8, 4) is 11.5 Å². The van der Waals surface area contributed by atoms with Gasteiger partial charge >= 0.3 is 0 Å². The molecule has 0 bridgehead atoms. The minimum Gasteiger partial charge on any atom is -0.454 e. The van der Waals surface area contributed by atoms with Crippen LogP contribution in [0.4, 0.5) is 0 Å². The third kappa shape index (κ3) is 3.48. The second kappa shape index (κ2) is 6.70. The number of benzene rings is 1. The predicted molar refractivity (Wildman–Crippen MR) is 89.1 cm³/mol. The van der Waals surface area contributed by atoms with Gasteiger partial charge in [-0.15, -0.1) is 0 Å². The molecule has 0 unspecified atom stereocenters. The first-order valence-corrected chi connectivity index (χ1v) is 9.34. The number of hydrogen-bond acceptors (Lipinski definition) is 2. The molecule has 1 saturated carbocycles. The van der Waals surface area contributed by atoms with Crippen molar-refractivity contribution in [2.75, 3.05) is 33.0 Å². The van der Waals surface area contributed by atoms with Crippen LogP contribution in [0, 0.1) is 5.92 Å². The minimum atomic E-state index is 0.369. The summed E-state index contributed by atoms with van der Waals surface area (Å²) in [5, 5.41) is 0. The van der Waals surface area contributed by atoms with Crippen LogP contribution >= 0.6 is 0 Å². The Morgan fingerprint density at radius 3 is 2.70 bits per heavy atom. The number of quaternary nitrogens is 2. The Kier molecular flexibility index (Phi) is 4.45. The molecule has 0 spiro atoms. The van der Waals surface area contributed by atoms with E-state index in [1.807, 2.05) is 4.90 Å². The number of hydrogen-bond donors (Lipinski definition) is 2. The van der Waals surface area contributed by atoms with Crippen molar-refractivity contribution in [2.45, 2.75) is 45.2 Å². The van der Waals surface area contributed by atoms with Crippen LogP contribution in [0.25, 0.3) is 0 Å². The van der Waals surface area contributed by atoms with Crippen LogP contribution in [0.2, 0.25) is 0 Å². The summed E-state index contributed by atoms with van der Waals surface area (Å²) in [4.78, 5) is 3.60. The van der Waals surface area contributed by atoms with Crippen molar-refractivity contribution in [3.63, 3.8) is 0 Å². The molecule has 3 aliphatic rings. The molecule has 1 saturated heterocycles. The number of piperazine rings is 1. The minimum absolute atomic E-state index is 0.369. The second-order valence-electron chi connectivity index (χ2n) is 7.74. The third-order valence-corrected chi connectivity index (χ3v) is 6.00. The van der Waals surface area contributed by atoms with Gasteiger partial charge in [-0.05, 0) is 37.0 Å². The van der Waals surface area contributed by atoms with E-state index in [2.05, 4.69) is 25.1 Å². The summed E-state index contributed by atoms with van der Waals surface area (Å²) in [6.07, 6.45) is 5.80. The monoisotopic (exact) mass is 318 g/mol. The molecule has 23 heavy (non-hydrogen) atoms. The van der Waals surface area contributed by atoms with Crippen molar-refractivity contribution < 1.29 is 19.3 Å². The molecule has 4 heteroatoms. The topological polar surface area (TPSA) is 27.3 Å². The lowest BCUT2D eigenvalue weighted by molar-refractivity contribution is -1.03. The van der Waals surface area contributed by atoms with Crippen molar-refractivity contribution in [1.29, 1.82) is 0 Å². The lowest BCUT2D eigenvalue weighted by Crippen LogP contribution is -3.29. The maximum absolute atomic E-state index is 5.50. The van der Waals surface area contributed by atoms with Gasteiger partial charge in [0, 0.05) is 12.0 Å². The van der Waals surface area contributed by atoms with Gasteiger partial charge in [-0.1, -0.05) is 13.3 Å². The summed E-state index contributed by atoms with van der Waals surface area (Å²) in [5.41, 5.74) is 1.37. The summed E-state index contributed by atoms with van der Waals surface area (Å²) in [7, 11) is 0. The number of nitrogens with one attached hydrogen (secondary N) is 2. The second-order valence-corrected chi connectivity index (χ2v) is 7.74. The first-order valence-electron chi connectivity index (χ1n) is 9.34. The molecule has 2 fully saturated rings. The quantitative estimate of drug-likeness (QED) is 0.838. The fourth-order valence-corrected chi connectivity index (χ4v) is 4.65. The largest absolute Gasteiger partial charge is 0.454 e. The van der Waals surface area contributed by atoms with E-state index in [0.717, 1.165) is 30.0 Å². The lowest BCUT2D eigenvalue weighted by atomic mass is 9.86. The van der Waals surface area contributed by atoms with E-state index in [9.17, 15) is 0 Å². The van der Waals surface area contributed by atoms with Crippen LogP contribution in [0.3, 0.4) is 0 Å². The van der Waals surface area contributed by atoms with Gasteiger partial charge in [0.25, 0.3) is 0 Å². The molecule has 4 rings (SSSR count). The van der Waals surface area contributed by atoms with E-state index < -0.39 is 0 Å². The first kappa shape index (κ1) is 15.3. The fourth-order valence-electron chi connectivity index (χ4n) is 4.65. The highest BCUT2D eigenvalue weighted by Gasteiger charge is 2.32. The summed E-state index contributed by atoms with van der Waals surface area (Å²) in [6.45, 7) is 9.21. The Morgan fingerprint density at radius 2 is 1.87 bits per heavy atom. The zero-order valence-corrected chi connectivity index (χ0v) is 14.3. The summed E-state index contributed by atoms with van der Waals surface area (Å²) >= 11 is 0. The molecule has 2 N–H and O–H groups in total. The van der Waals surface area contributed by atoms with Crippen molar-refractivity contribution in [1.82, 2.24) is 0 Å². The molecule has 2 heterocycles. The summed E-state index contributed by atoms with van der Waals surface area (Å²) in [5.74, 6) is 2.76. The molecule has 0 aromatic heterocycles. The van der Waals surface area contributed by atoms with Crippen LogP contribution in [0.5, 0.6) is 11.5 Å². The fraction of sp³-hybridized carbons (Fsp3) is 0.684. The van der Waals surface area contributed by atoms with Gasteiger partial charge in [0.15, 0.2) is 11.5 Å². The zero-order valence-electron chi connectivity index (χ0n) is 14.3. The van der Waals surface area contributed by atoms with Gasteiger partial charge in [0.1, 0.15) is 32.7 Å². The molecule has 0 amide bonds. The Hall–Kier alpha value is -1.26. The lowest BCUT2D eigenvalue weighted by Gasteiger charge is -2.37. The van der Waals surface area contributed by atoms with E-state index in [0.29, 0.717) is 6.79 Å². The normalized spacial score (nSPS) is 33.6. The van der Waals surface area contributed by atoms with Gasteiger partial charge in [0.2, 0.25) is 6.79 Å². The van der Waals surface area contributed by atoms with Crippen LogP contribution in [0.1, 0.15) is 38.2 Å². The number of fused-ring (bicyclic) bond motifs is 1. The van der Waals surface area contributed by atoms with Gasteiger partial charge in [-0.3, -0.25) is 0 Å². The predicted octanol–water partition coefficient (Wildman–Crippen LogP) is 0.277. The molecule has 4 nitrogen and oxygen atoms in total. The van der Waals surface area contributed by atoms with E-state index in [4.69, 9.17) is 9.47 Å². The maximum atomic E-state index is 5.50. The third-order valence-electron chi connectivity index (χ3n) is 6.00. The van der Waals surface area contributed by atoms with Crippen molar-refractivity contribution >= 4 is 0 Å². The Balaban J connectivity index is 1.30. The van der Waals surface area contributed by atoms with E-state index in [1.54, 1.807) is 4.90 Å². The molecule has 2 atom stereocenters. The molecular formula is C19H30N2O2+2. The maximum Gasteiger partial charge on any atom is 0.231 e. The van der Waals surface area contributed by atoms with Gasteiger partial charge in [-0.2, -0.15) is 0 Å². The average molecular weight is 318 g/mol. The highest BCUT2D eigenvalue weighted by atomic mass is 16.7. The van der Waals surface area contributed by atoms with Gasteiger partial charge in [0.05, 0.1) is 6.04 Å². The number of ether oxygens (including phenoxy) is 2. The Bertz CT molecular complexity index is 540. The van der Waals surface area contributed by atoms with Crippen molar-refractivity contribution in [2.24, 2.45) is 5.92 Å². The smallest absolute Gasteiger partial charge is 0.231 e. The molecular weight excluding hydrogens is 288 g/mol. The molecule has 126 valence electrons. The number of rotatable bonds is 3. The van der Waals surface area contributed by atoms with E-state index in [-0.39, 0.29) is 0 Å². The molecule has 2 aliphatic heterocycles. The first-order chi connectivity index (χ1) is 11.3. The summed E-state index contributed by atoms with van der Waals surface area (Å²) in [6, 6.07) is 7.35. The van der Waals surface area contributed by atoms with Crippen LogP contribution < -0.4 is 19.3 Å². The van der Waals surface area contributed by atoms with Crippen LogP contribution in [0.15, 0.2) is 18.2 Å². The Labute approximate surface area is 139 Å². The van der Waals surface area contributed by atoms with Crippen molar-refractivity contribution in [3.05, 3.63) is 23.8 Å². The molecule has 0 radical (unpaired) electrons. The molecule has 1 aromatic carbocycles.